The summed E-state index contributed by atoms with van der Waals surface area (Å²) in [6, 6.07) is -1.08. The molecule has 0 radical (unpaired) electrons. The molecule has 9 heteroatoms. The summed E-state index contributed by atoms with van der Waals surface area (Å²) < 4.78 is 16.6. The van der Waals surface area contributed by atoms with Crippen LogP contribution in [0.5, 0.6) is 0 Å². The SMILES string of the molecule is C[C@@]1(F)C(CCO)C(O)C(O)C1n1cnc2c(N)ncnc21. The third-order valence-corrected chi connectivity index (χ3v) is 4.52. The molecule has 1 aliphatic rings. The van der Waals surface area contributed by atoms with Crippen molar-refractivity contribution in [2.75, 3.05) is 12.3 Å². The van der Waals surface area contributed by atoms with Crippen molar-refractivity contribution in [1.82, 2.24) is 19.5 Å². The zero-order chi connectivity index (χ0) is 16.1. The summed E-state index contributed by atoms with van der Waals surface area (Å²) in [4.78, 5) is 11.9. The normalized spacial score (nSPS) is 35.3. The summed E-state index contributed by atoms with van der Waals surface area (Å²) in [5.74, 6) is -0.738. The molecule has 3 rings (SSSR count). The first-order valence-electron chi connectivity index (χ1n) is 6.98. The van der Waals surface area contributed by atoms with Crippen molar-refractivity contribution in [2.45, 2.75) is 37.3 Å². The maximum Gasteiger partial charge on any atom is 0.165 e. The van der Waals surface area contributed by atoms with Crippen LogP contribution in [0.2, 0.25) is 0 Å². The smallest absolute Gasteiger partial charge is 0.165 e. The van der Waals surface area contributed by atoms with Gasteiger partial charge in [-0.15, -0.1) is 0 Å². The molecular formula is C13H18FN5O3. The van der Waals surface area contributed by atoms with Crippen LogP contribution in [-0.4, -0.2) is 59.3 Å². The predicted octanol–water partition coefficient (Wildman–Crippen LogP) is -0.588. The first-order valence-corrected chi connectivity index (χ1v) is 6.98. The zero-order valence-corrected chi connectivity index (χ0v) is 12.0. The summed E-state index contributed by atoms with van der Waals surface area (Å²) in [7, 11) is 0. The number of alkyl halides is 1. The van der Waals surface area contributed by atoms with Crippen LogP contribution in [0.1, 0.15) is 19.4 Å². The van der Waals surface area contributed by atoms with E-state index >= 15 is 4.39 Å². The number of aliphatic hydroxyl groups excluding tert-OH is 3. The number of hydrogen-bond acceptors (Lipinski definition) is 7. The highest BCUT2D eigenvalue weighted by molar-refractivity contribution is 5.81. The molecule has 4 unspecified atom stereocenters. The zero-order valence-electron chi connectivity index (χ0n) is 12.0. The van der Waals surface area contributed by atoms with Crippen LogP contribution in [-0.2, 0) is 0 Å². The molecule has 8 nitrogen and oxygen atoms in total. The number of aromatic nitrogens is 4. The van der Waals surface area contributed by atoms with Gasteiger partial charge in [0.1, 0.15) is 23.6 Å². The van der Waals surface area contributed by atoms with E-state index in [2.05, 4.69) is 15.0 Å². The van der Waals surface area contributed by atoms with Crippen LogP contribution in [0, 0.1) is 5.92 Å². The lowest BCUT2D eigenvalue weighted by atomic mass is 9.88. The van der Waals surface area contributed by atoms with Crippen molar-refractivity contribution in [1.29, 1.82) is 0 Å². The molecule has 2 heterocycles. The summed E-state index contributed by atoms with van der Waals surface area (Å²) in [5, 5.41) is 29.5. The standard InChI is InChI=1S/C13H18FN5O3/c1-13(14)6(2-3-20)8(21)9(22)10(13)19-5-18-7-11(15)16-4-17-12(7)19/h4-6,8-10,20-22H,2-3H2,1H3,(H2,15,16,17)/t6?,8?,9?,10?,13-/m1/s1. The van der Waals surface area contributed by atoms with Gasteiger partial charge in [-0.2, -0.15) is 0 Å². The minimum atomic E-state index is -1.95. The number of nitrogens with two attached hydrogens (primary N) is 1. The highest BCUT2D eigenvalue weighted by Crippen LogP contribution is 2.48. The Kier molecular flexibility index (Phi) is 3.50. The average Bonchev–Trinajstić information content (AvgIpc) is 2.94. The number of rotatable bonds is 3. The van der Waals surface area contributed by atoms with Crippen molar-refractivity contribution in [3.63, 3.8) is 0 Å². The Balaban J connectivity index is 2.11. The molecule has 0 saturated heterocycles. The monoisotopic (exact) mass is 311 g/mol. The van der Waals surface area contributed by atoms with Crippen LogP contribution in [0.15, 0.2) is 12.7 Å². The van der Waals surface area contributed by atoms with Gasteiger partial charge in [-0.1, -0.05) is 0 Å². The van der Waals surface area contributed by atoms with Crippen LogP contribution >= 0.6 is 0 Å². The fourth-order valence-corrected chi connectivity index (χ4v) is 3.41. The van der Waals surface area contributed by atoms with E-state index in [1.807, 2.05) is 0 Å². The van der Waals surface area contributed by atoms with Gasteiger partial charge >= 0.3 is 0 Å². The Labute approximate surface area is 125 Å². The fraction of sp³-hybridized carbons (Fsp3) is 0.615. The maximum absolute atomic E-state index is 15.3. The topological polar surface area (TPSA) is 130 Å². The number of aliphatic hydroxyl groups is 3. The van der Waals surface area contributed by atoms with E-state index in [9.17, 15) is 10.2 Å². The Morgan fingerprint density at radius 1 is 1.32 bits per heavy atom. The summed E-state index contributed by atoms with van der Waals surface area (Å²) in [6.07, 6.45) is -0.0288. The third-order valence-electron chi connectivity index (χ3n) is 4.52. The molecule has 5 atom stereocenters. The van der Waals surface area contributed by atoms with Crippen molar-refractivity contribution < 1.29 is 19.7 Å². The van der Waals surface area contributed by atoms with Gasteiger partial charge in [0.05, 0.1) is 18.5 Å². The molecule has 1 saturated carbocycles. The summed E-state index contributed by atoms with van der Waals surface area (Å²) >= 11 is 0. The Bertz CT molecular complexity index is 691. The maximum atomic E-state index is 15.3. The molecule has 0 bridgehead atoms. The molecule has 2 aromatic heterocycles. The Morgan fingerprint density at radius 2 is 2.05 bits per heavy atom. The van der Waals surface area contributed by atoms with Gasteiger partial charge in [0, 0.05) is 12.5 Å². The second kappa shape index (κ2) is 5.11. The largest absolute Gasteiger partial charge is 0.396 e. The van der Waals surface area contributed by atoms with Crippen molar-refractivity contribution >= 4 is 17.0 Å². The fourth-order valence-electron chi connectivity index (χ4n) is 3.41. The number of fused-ring (bicyclic) bond motifs is 1. The molecule has 0 spiro atoms. The van der Waals surface area contributed by atoms with E-state index in [4.69, 9.17) is 10.8 Å². The van der Waals surface area contributed by atoms with Crippen LogP contribution in [0.4, 0.5) is 10.2 Å². The van der Waals surface area contributed by atoms with Gasteiger partial charge in [0.15, 0.2) is 11.5 Å². The van der Waals surface area contributed by atoms with Crippen LogP contribution < -0.4 is 5.73 Å². The van der Waals surface area contributed by atoms with Gasteiger partial charge in [-0.05, 0) is 13.3 Å². The summed E-state index contributed by atoms with van der Waals surface area (Å²) in [6.45, 7) is 1.02. The van der Waals surface area contributed by atoms with Crippen molar-refractivity contribution in [3.8, 4) is 0 Å². The van der Waals surface area contributed by atoms with E-state index in [-0.39, 0.29) is 24.5 Å². The number of anilines is 1. The van der Waals surface area contributed by atoms with Crippen molar-refractivity contribution in [3.05, 3.63) is 12.7 Å². The molecule has 5 N–H and O–H groups in total. The number of nitrogen functional groups attached to an aromatic ring is 1. The molecular weight excluding hydrogens is 293 g/mol. The highest BCUT2D eigenvalue weighted by Gasteiger charge is 2.59. The summed E-state index contributed by atoms with van der Waals surface area (Å²) in [5.41, 5.74) is 4.36. The molecule has 1 aliphatic carbocycles. The van der Waals surface area contributed by atoms with Gasteiger partial charge in [-0.25, -0.2) is 19.3 Å². The van der Waals surface area contributed by atoms with Gasteiger partial charge < -0.3 is 25.6 Å². The first kappa shape index (κ1) is 15.1. The second-order valence-corrected chi connectivity index (χ2v) is 5.78. The van der Waals surface area contributed by atoms with E-state index < -0.39 is 29.8 Å². The lowest BCUT2D eigenvalue weighted by Crippen LogP contribution is -2.36. The number of imidazole rings is 1. The van der Waals surface area contributed by atoms with Crippen molar-refractivity contribution in [2.24, 2.45) is 5.92 Å². The Hall–Kier alpha value is -1.84. The highest BCUT2D eigenvalue weighted by atomic mass is 19.1. The molecule has 22 heavy (non-hydrogen) atoms. The van der Waals surface area contributed by atoms with E-state index in [0.29, 0.717) is 5.52 Å². The van der Waals surface area contributed by atoms with E-state index in [0.717, 1.165) is 0 Å². The van der Waals surface area contributed by atoms with Crippen LogP contribution in [0.3, 0.4) is 0 Å². The average molecular weight is 311 g/mol. The third kappa shape index (κ3) is 1.97. The minimum absolute atomic E-state index is 0.0471. The molecule has 120 valence electrons. The lowest BCUT2D eigenvalue weighted by molar-refractivity contribution is 0.000711. The van der Waals surface area contributed by atoms with Crippen LogP contribution in [0.25, 0.3) is 11.2 Å². The minimum Gasteiger partial charge on any atom is -0.396 e. The second-order valence-electron chi connectivity index (χ2n) is 5.78. The molecule has 0 aliphatic heterocycles. The molecule has 0 amide bonds. The molecule has 1 fully saturated rings. The Morgan fingerprint density at radius 3 is 2.73 bits per heavy atom. The predicted molar refractivity (Wildman–Crippen MR) is 75.5 cm³/mol. The van der Waals surface area contributed by atoms with E-state index in [1.165, 1.54) is 24.1 Å². The number of halogens is 1. The number of hydrogen-bond donors (Lipinski definition) is 4. The first-order chi connectivity index (χ1) is 10.4. The number of nitrogens with zero attached hydrogens (tertiary/aromatic N) is 4. The van der Waals surface area contributed by atoms with Gasteiger partial charge in [-0.3, -0.25) is 0 Å². The molecule has 2 aromatic rings. The van der Waals surface area contributed by atoms with Gasteiger partial charge in [0.25, 0.3) is 0 Å². The van der Waals surface area contributed by atoms with E-state index in [1.54, 1.807) is 0 Å². The quantitative estimate of drug-likeness (QED) is 0.596. The lowest BCUT2D eigenvalue weighted by Gasteiger charge is -2.29. The molecule has 0 aromatic carbocycles. The van der Waals surface area contributed by atoms with Gasteiger partial charge in [0.2, 0.25) is 0 Å².